The fourth-order valence-electron chi connectivity index (χ4n) is 0.710. The highest BCUT2D eigenvalue weighted by Crippen LogP contribution is 1.98. The van der Waals surface area contributed by atoms with Gasteiger partial charge in [-0.25, -0.2) is 0 Å². The molecule has 0 saturated carbocycles. The van der Waals surface area contributed by atoms with E-state index < -0.39 is 0 Å². The SMILES string of the molecule is CC.CCCC.CCc1cc(=O)c(O)c[nH]1. The van der Waals surface area contributed by atoms with E-state index in [0.29, 0.717) is 0 Å². The average Bonchev–Trinajstić information content (AvgIpc) is 2.35. The Bertz CT molecular complexity index is 303. The Hall–Kier alpha value is -1.25. The molecule has 1 aromatic heterocycles. The molecule has 3 nitrogen and oxygen atoms in total. The van der Waals surface area contributed by atoms with Crippen LogP contribution in [0.15, 0.2) is 17.1 Å². The Labute approximate surface area is 98.5 Å². The molecule has 0 unspecified atom stereocenters. The highest BCUT2D eigenvalue weighted by atomic mass is 16.3. The zero-order valence-corrected chi connectivity index (χ0v) is 11.1. The van der Waals surface area contributed by atoms with E-state index >= 15 is 0 Å². The first kappa shape index (κ1) is 17.2. The standard InChI is InChI=1S/C7H9NO2.C4H10.C2H6/c1-2-5-3-6(9)7(10)4-8-5;1-3-4-2;1-2/h3-4,10H,2H2,1H3,(H,8,9);3-4H2,1-2H3;1-2H3. The summed E-state index contributed by atoms with van der Waals surface area (Å²) >= 11 is 0. The number of aromatic nitrogens is 1. The van der Waals surface area contributed by atoms with E-state index in [1.54, 1.807) is 0 Å². The fourth-order valence-corrected chi connectivity index (χ4v) is 0.710. The molecule has 0 aliphatic rings. The molecule has 0 fully saturated rings. The lowest BCUT2D eigenvalue weighted by atomic mass is 10.3. The molecule has 0 atom stereocenters. The van der Waals surface area contributed by atoms with Crippen molar-refractivity contribution in [1.82, 2.24) is 4.98 Å². The van der Waals surface area contributed by atoms with Gasteiger partial charge in [0.1, 0.15) is 0 Å². The number of aromatic amines is 1. The number of H-pyrrole nitrogens is 1. The minimum Gasteiger partial charge on any atom is -0.503 e. The predicted octanol–water partition coefficient (Wildman–Crippen LogP) is 3.48. The van der Waals surface area contributed by atoms with E-state index in [1.165, 1.54) is 25.1 Å². The number of hydrogen-bond donors (Lipinski definition) is 2. The Balaban J connectivity index is 0. The van der Waals surface area contributed by atoms with Crippen molar-refractivity contribution in [3.05, 3.63) is 28.2 Å². The smallest absolute Gasteiger partial charge is 0.223 e. The minimum absolute atomic E-state index is 0.225. The van der Waals surface area contributed by atoms with Crippen LogP contribution >= 0.6 is 0 Å². The molecule has 0 bridgehead atoms. The third kappa shape index (κ3) is 8.09. The second-order valence-corrected chi connectivity index (χ2v) is 3.06. The quantitative estimate of drug-likeness (QED) is 0.812. The second kappa shape index (κ2) is 11.8. The van der Waals surface area contributed by atoms with E-state index in [4.69, 9.17) is 5.11 Å². The lowest BCUT2D eigenvalue weighted by Crippen LogP contribution is -2.01. The molecule has 0 amide bonds. The van der Waals surface area contributed by atoms with Gasteiger partial charge >= 0.3 is 0 Å². The molecule has 94 valence electrons. The monoisotopic (exact) mass is 227 g/mol. The molecule has 1 aromatic rings. The Morgan fingerprint density at radius 3 is 2.00 bits per heavy atom. The van der Waals surface area contributed by atoms with Crippen molar-refractivity contribution in [3.8, 4) is 5.75 Å². The van der Waals surface area contributed by atoms with Gasteiger partial charge in [0.15, 0.2) is 5.75 Å². The normalized spacial score (nSPS) is 8.31. The number of unbranched alkanes of at least 4 members (excludes halogenated alkanes) is 1. The molecule has 2 N–H and O–H groups in total. The summed E-state index contributed by atoms with van der Waals surface area (Å²) in [6, 6.07) is 1.40. The molecule has 0 aromatic carbocycles. The van der Waals surface area contributed by atoms with Crippen molar-refractivity contribution in [2.45, 2.75) is 53.9 Å². The Kier molecular flexibility index (Phi) is 12.7. The van der Waals surface area contributed by atoms with Gasteiger partial charge in [0.05, 0.1) is 0 Å². The molecule has 0 saturated heterocycles. The van der Waals surface area contributed by atoms with Crippen LogP contribution in [0.5, 0.6) is 5.75 Å². The summed E-state index contributed by atoms with van der Waals surface area (Å²) in [6.45, 7) is 10.3. The van der Waals surface area contributed by atoms with Crippen LogP contribution in [0.1, 0.15) is 53.2 Å². The van der Waals surface area contributed by atoms with Gasteiger partial charge < -0.3 is 10.1 Å². The summed E-state index contributed by atoms with van der Waals surface area (Å²) in [5.41, 5.74) is 0.512. The van der Waals surface area contributed by atoms with Crippen molar-refractivity contribution >= 4 is 0 Å². The van der Waals surface area contributed by atoms with Crippen LogP contribution in [0, 0.1) is 0 Å². The number of hydrogen-bond acceptors (Lipinski definition) is 2. The Morgan fingerprint density at radius 1 is 1.19 bits per heavy atom. The first-order valence-electron chi connectivity index (χ1n) is 6.06. The lowest BCUT2D eigenvalue weighted by Gasteiger charge is -1.94. The maximum absolute atomic E-state index is 10.7. The summed E-state index contributed by atoms with van der Waals surface area (Å²) in [5.74, 6) is -0.225. The van der Waals surface area contributed by atoms with E-state index in [1.807, 2.05) is 20.8 Å². The van der Waals surface area contributed by atoms with E-state index in [2.05, 4.69) is 18.8 Å². The van der Waals surface area contributed by atoms with Crippen molar-refractivity contribution in [2.75, 3.05) is 0 Å². The van der Waals surface area contributed by atoms with Crippen molar-refractivity contribution in [1.29, 1.82) is 0 Å². The van der Waals surface area contributed by atoms with Gasteiger partial charge in [-0.3, -0.25) is 4.79 Å². The molecule has 1 heterocycles. The van der Waals surface area contributed by atoms with Crippen LogP contribution in [0.2, 0.25) is 0 Å². The van der Waals surface area contributed by atoms with Gasteiger partial charge in [-0.2, -0.15) is 0 Å². The van der Waals surface area contributed by atoms with Gasteiger partial charge in [0.2, 0.25) is 5.43 Å². The third-order valence-electron chi connectivity index (χ3n) is 1.83. The summed E-state index contributed by atoms with van der Waals surface area (Å²) in [7, 11) is 0. The predicted molar refractivity (Wildman–Crippen MR) is 70.0 cm³/mol. The average molecular weight is 227 g/mol. The number of aromatic hydroxyl groups is 1. The molecule has 0 aliphatic carbocycles. The first-order chi connectivity index (χ1) is 7.65. The number of aryl methyl sites for hydroxylation is 1. The van der Waals surface area contributed by atoms with Gasteiger partial charge in [0, 0.05) is 18.0 Å². The minimum atomic E-state index is -0.324. The zero-order valence-electron chi connectivity index (χ0n) is 11.1. The topological polar surface area (TPSA) is 53.1 Å². The van der Waals surface area contributed by atoms with Crippen LogP contribution < -0.4 is 5.43 Å². The number of rotatable bonds is 2. The summed E-state index contributed by atoms with van der Waals surface area (Å²) in [4.78, 5) is 13.5. The van der Waals surface area contributed by atoms with Gasteiger partial charge in [-0.1, -0.05) is 47.5 Å². The zero-order chi connectivity index (χ0) is 13.0. The summed E-state index contributed by atoms with van der Waals surface area (Å²) in [6.07, 6.45) is 4.72. The van der Waals surface area contributed by atoms with Crippen LogP contribution in [0.4, 0.5) is 0 Å². The van der Waals surface area contributed by atoms with Crippen LogP contribution in [-0.2, 0) is 6.42 Å². The molecule has 0 radical (unpaired) electrons. The second-order valence-electron chi connectivity index (χ2n) is 3.06. The molecular weight excluding hydrogens is 202 g/mol. The maximum Gasteiger partial charge on any atom is 0.223 e. The fraction of sp³-hybridized carbons (Fsp3) is 0.615. The van der Waals surface area contributed by atoms with Crippen LogP contribution in [0.3, 0.4) is 0 Å². The van der Waals surface area contributed by atoms with Crippen LogP contribution in [0.25, 0.3) is 0 Å². The Morgan fingerprint density at radius 2 is 1.69 bits per heavy atom. The molecule has 16 heavy (non-hydrogen) atoms. The molecule has 0 spiro atoms. The molecular formula is C13H25NO2. The highest BCUT2D eigenvalue weighted by Gasteiger charge is 1.94. The number of nitrogens with one attached hydrogen (secondary N) is 1. The molecule has 0 aliphatic heterocycles. The maximum atomic E-state index is 10.7. The largest absolute Gasteiger partial charge is 0.503 e. The van der Waals surface area contributed by atoms with Crippen molar-refractivity contribution in [3.63, 3.8) is 0 Å². The molecule has 1 rings (SSSR count). The lowest BCUT2D eigenvalue weighted by molar-refractivity contribution is 0.467. The van der Waals surface area contributed by atoms with Gasteiger partial charge in [-0.05, 0) is 6.42 Å². The van der Waals surface area contributed by atoms with Crippen LogP contribution in [-0.4, -0.2) is 10.1 Å². The van der Waals surface area contributed by atoms with Crippen molar-refractivity contribution < 1.29 is 5.11 Å². The van der Waals surface area contributed by atoms with E-state index in [0.717, 1.165) is 12.1 Å². The van der Waals surface area contributed by atoms with Gasteiger partial charge in [0.25, 0.3) is 0 Å². The highest BCUT2D eigenvalue weighted by molar-refractivity contribution is 5.18. The first-order valence-corrected chi connectivity index (χ1v) is 6.06. The summed E-state index contributed by atoms with van der Waals surface area (Å²) in [5, 5.41) is 8.80. The van der Waals surface area contributed by atoms with Gasteiger partial charge in [-0.15, -0.1) is 0 Å². The summed E-state index contributed by atoms with van der Waals surface area (Å²) < 4.78 is 0. The van der Waals surface area contributed by atoms with E-state index in [9.17, 15) is 4.79 Å². The van der Waals surface area contributed by atoms with E-state index in [-0.39, 0.29) is 11.2 Å². The van der Waals surface area contributed by atoms with Crippen molar-refractivity contribution in [2.24, 2.45) is 0 Å². The molecule has 3 heteroatoms. The third-order valence-corrected chi connectivity index (χ3v) is 1.83. The number of pyridine rings is 1.